The molecule has 0 aromatic heterocycles. The average molecular weight is 157 g/mol. The summed E-state index contributed by atoms with van der Waals surface area (Å²) < 4.78 is 0. The molecule has 0 radical (unpaired) electrons. The van der Waals surface area contributed by atoms with E-state index in [1.54, 1.807) is 6.08 Å². The van der Waals surface area contributed by atoms with Gasteiger partial charge in [0.1, 0.15) is 0 Å². The van der Waals surface area contributed by atoms with E-state index < -0.39 is 0 Å². The first-order valence-corrected chi connectivity index (χ1v) is 3.63. The first-order chi connectivity index (χ1) is 4.54. The lowest BCUT2D eigenvalue weighted by Gasteiger charge is -2.01. The van der Waals surface area contributed by atoms with Crippen LogP contribution in [0.2, 0.25) is 0 Å². The van der Waals surface area contributed by atoms with E-state index in [0.29, 0.717) is 11.0 Å². The number of hydrogen-bond acceptors (Lipinski definition) is 0. The standard InChI is InChI=1S/C9H13Cl/c1-7(2)8(3)5-6-9(4)10/h5-7H,3-4H2,1-2H3/b6-5-. The molecule has 0 aromatic rings. The Hall–Kier alpha value is -0.490. The van der Waals surface area contributed by atoms with Crippen molar-refractivity contribution in [2.75, 3.05) is 0 Å². The van der Waals surface area contributed by atoms with Gasteiger partial charge in [-0.1, -0.05) is 50.3 Å². The summed E-state index contributed by atoms with van der Waals surface area (Å²) >= 11 is 5.50. The Kier molecular flexibility index (Phi) is 4.13. The van der Waals surface area contributed by atoms with Crippen molar-refractivity contribution in [1.29, 1.82) is 0 Å². The highest BCUT2D eigenvalue weighted by atomic mass is 35.5. The van der Waals surface area contributed by atoms with Crippen LogP contribution >= 0.6 is 11.6 Å². The summed E-state index contributed by atoms with van der Waals surface area (Å²) in [7, 11) is 0. The fourth-order valence-corrected chi connectivity index (χ4v) is 0.453. The van der Waals surface area contributed by atoms with Crippen molar-refractivity contribution in [3.8, 4) is 0 Å². The van der Waals surface area contributed by atoms with E-state index in [1.807, 2.05) is 6.08 Å². The molecule has 1 heteroatoms. The third-order valence-corrected chi connectivity index (χ3v) is 1.35. The van der Waals surface area contributed by atoms with E-state index >= 15 is 0 Å². The van der Waals surface area contributed by atoms with E-state index in [0.717, 1.165) is 5.57 Å². The van der Waals surface area contributed by atoms with Crippen molar-refractivity contribution in [3.05, 3.63) is 35.9 Å². The smallest absolute Gasteiger partial charge is 0.0334 e. The van der Waals surface area contributed by atoms with Gasteiger partial charge in [-0.15, -0.1) is 0 Å². The van der Waals surface area contributed by atoms with Crippen LogP contribution in [0.3, 0.4) is 0 Å². The molecule has 0 N–H and O–H groups in total. The van der Waals surface area contributed by atoms with E-state index in [9.17, 15) is 0 Å². The summed E-state index contributed by atoms with van der Waals surface area (Å²) in [5, 5.41) is 0.543. The predicted molar refractivity (Wildman–Crippen MR) is 48.1 cm³/mol. The highest BCUT2D eigenvalue weighted by Crippen LogP contribution is 2.09. The SMILES string of the molecule is C=C(Cl)/C=C\C(=C)C(C)C. The van der Waals surface area contributed by atoms with Gasteiger partial charge >= 0.3 is 0 Å². The summed E-state index contributed by atoms with van der Waals surface area (Å²) in [5.74, 6) is 0.479. The normalized spacial score (nSPS) is 10.8. The maximum Gasteiger partial charge on any atom is 0.0334 e. The Bertz CT molecular complexity index is 164. The summed E-state index contributed by atoms with van der Waals surface area (Å²) in [5.41, 5.74) is 1.07. The maximum absolute atomic E-state index is 5.50. The van der Waals surface area contributed by atoms with Crippen LogP contribution in [0.4, 0.5) is 0 Å². The summed E-state index contributed by atoms with van der Waals surface area (Å²) in [6.45, 7) is 11.5. The predicted octanol–water partition coefficient (Wildman–Crippen LogP) is 3.51. The van der Waals surface area contributed by atoms with Crippen molar-refractivity contribution in [3.63, 3.8) is 0 Å². The number of allylic oxidation sites excluding steroid dienone is 4. The van der Waals surface area contributed by atoms with Crippen LogP contribution in [0.5, 0.6) is 0 Å². The molecular weight excluding hydrogens is 144 g/mol. The summed E-state index contributed by atoms with van der Waals surface area (Å²) in [6.07, 6.45) is 3.64. The molecule has 0 aromatic carbocycles. The van der Waals surface area contributed by atoms with E-state index in [2.05, 4.69) is 27.0 Å². The van der Waals surface area contributed by atoms with Gasteiger partial charge in [0, 0.05) is 5.03 Å². The third-order valence-electron chi connectivity index (χ3n) is 1.22. The van der Waals surface area contributed by atoms with Gasteiger partial charge in [0.25, 0.3) is 0 Å². The van der Waals surface area contributed by atoms with Gasteiger partial charge in [-0.05, 0) is 12.0 Å². The second-order valence-electron chi connectivity index (χ2n) is 2.51. The molecule has 0 aliphatic heterocycles. The van der Waals surface area contributed by atoms with Gasteiger partial charge in [-0.25, -0.2) is 0 Å². The van der Waals surface area contributed by atoms with Gasteiger partial charge in [-0.3, -0.25) is 0 Å². The zero-order valence-corrected chi connectivity index (χ0v) is 7.28. The monoisotopic (exact) mass is 156 g/mol. The molecule has 0 bridgehead atoms. The Balaban J connectivity index is 3.90. The van der Waals surface area contributed by atoms with Gasteiger partial charge in [0.15, 0.2) is 0 Å². The van der Waals surface area contributed by atoms with E-state index in [1.165, 1.54) is 0 Å². The zero-order valence-electron chi connectivity index (χ0n) is 6.52. The van der Waals surface area contributed by atoms with Crippen molar-refractivity contribution in [2.45, 2.75) is 13.8 Å². The minimum absolute atomic E-state index is 0.479. The Morgan fingerprint density at radius 2 is 1.80 bits per heavy atom. The molecule has 0 aliphatic carbocycles. The van der Waals surface area contributed by atoms with Gasteiger partial charge in [-0.2, -0.15) is 0 Å². The quantitative estimate of drug-likeness (QED) is 0.549. The third kappa shape index (κ3) is 4.39. The van der Waals surface area contributed by atoms with Crippen molar-refractivity contribution < 1.29 is 0 Å². The van der Waals surface area contributed by atoms with E-state index in [-0.39, 0.29) is 0 Å². The first-order valence-electron chi connectivity index (χ1n) is 3.25. The van der Waals surface area contributed by atoms with E-state index in [4.69, 9.17) is 11.6 Å². The van der Waals surface area contributed by atoms with Gasteiger partial charge in [0.2, 0.25) is 0 Å². The number of halogens is 1. The molecule has 0 heterocycles. The van der Waals surface area contributed by atoms with Crippen LogP contribution in [-0.4, -0.2) is 0 Å². The molecule has 0 unspecified atom stereocenters. The van der Waals surface area contributed by atoms with Crippen LogP contribution < -0.4 is 0 Å². The lowest BCUT2D eigenvalue weighted by atomic mass is 10.1. The van der Waals surface area contributed by atoms with Crippen LogP contribution in [0.25, 0.3) is 0 Å². The molecule has 0 rings (SSSR count). The minimum Gasteiger partial charge on any atom is -0.0956 e. The fourth-order valence-electron chi connectivity index (χ4n) is 0.390. The number of hydrogen-bond donors (Lipinski definition) is 0. The van der Waals surface area contributed by atoms with Crippen LogP contribution in [0.15, 0.2) is 35.9 Å². The molecule has 0 saturated heterocycles. The van der Waals surface area contributed by atoms with Crippen LogP contribution in [-0.2, 0) is 0 Å². The molecule has 0 saturated carbocycles. The lowest BCUT2D eigenvalue weighted by molar-refractivity contribution is 0.795. The van der Waals surface area contributed by atoms with Crippen LogP contribution in [0, 0.1) is 5.92 Å². The Morgan fingerprint density at radius 3 is 2.10 bits per heavy atom. The molecule has 0 atom stereocenters. The molecule has 0 nitrogen and oxygen atoms in total. The summed E-state index contributed by atoms with van der Waals surface area (Å²) in [4.78, 5) is 0. The molecule has 0 amide bonds. The largest absolute Gasteiger partial charge is 0.0956 e. The Labute approximate surface area is 67.9 Å². The second-order valence-corrected chi connectivity index (χ2v) is 3.00. The van der Waals surface area contributed by atoms with Crippen molar-refractivity contribution in [1.82, 2.24) is 0 Å². The molecule has 10 heavy (non-hydrogen) atoms. The lowest BCUT2D eigenvalue weighted by Crippen LogP contribution is -1.86. The van der Waals surface area contributed by atoms with Crippen LogP contribution in [0.1, 0.15) is 13.8 Å². The van der Waals surface area contributed by atoms with Crippen molar-refractivity contribution in [2.24, 2.45) is 5.92 Å². The zero-order chi connectivity index (χ0) is 8.15. The fraction of sp³-hybridized carbons (Fsp3) is 0.333. The molecule has 56 valence electrons. The van der Waals surface area contributed by atoms with Gasteiger partial charge < -0.3 is 0 Å². The second kappa shape index (κ2) is 4.35. The topological polar surface area (TPSA) is 0 Å². The first kappa shape index (κ1) is 9.51. The highest BCUT2D eigenvalue weighted by molar-refractivity contribution is 6.30. The van der Waals surface area contributed by atoms with Crippen molar-refractivity contribution >= 4 is 11.6 Å². The molecule has 0 aliphatic rings. The Morgan fingerprint density at radius 1 is 1.30 bits per heavy atom. The average Bonchev–Trinajstić information content (AvgIpc) is 1.82. The number of rotatable bonds is 3. The summed E-state index contributed by atoms with van der Waals surface area (Å²) in [6, 6.07) is 0. The molecule has 0 fully saturated rings. The van der Waals surface area contributed by atoms with Gasteiger partial charge in [0.05, 0.1) is 0 Å². The highest BCUT2D eigenvalue weighted by Gasteiger charge is 1.93. The molecular formula is C9H13Cl. The maximum atomic E-state index is 5.50. The molecule has 0 spiro atoms. The minimum atomic E-state index is 0.479.